The van der Waals surface area contributed by atoms with Crippen LogP contribution in [0, 0.1) is 12.3 Å². The molecule has 1 N–H and O–H groups in total. The third-order valence-electron chi connectivity index (χ3n) is 3.23. The fourth-order valence-corrected chi connectivity index (χ4v) is 1.68. The Morgan fingerprint density at radius 3 is 2.67 bits per heavy atom. The summed E-state index contributed by atoms with van der Waals surface area (Å²) in [7, 11) is 0. The van der Waals surface area contributed by atoms with Crippen molar-refractivity contribution in [3.63, 3.8) is 0 Å². The summed E-state index contributed by atoms with van der Waals surface area (Å²) >= 11 is 6.03. The molecule has 0 radical (unpaired) electrons. The molecule has 0 aromatic carbocycles. The molecule has 18 heavy (non-hydrogen) atoms. The van der Waals surface area contributed by atoms with Gasteiger partial charge in [-0.3, -0.25) is 4.79 Å². The van der Waals surface area contributed by atoms with Gasteiger partial charge in [-0.2, -0.15) is 5.10 Å². The fraction of sp³-hybridized carbons (Fsp3) is 0.538. The van der Waals surface area contributed by atoms with E-state index in [1.807, 2.05) is 0 Å². The van der Waals surface area contributed by atoms with Crippen molar-refractivity contribution < 1.29 is 0 Å². The molecule has 0 aliphatic heterocycles. The number of anilines is 1. The summed E-state index contributed by atoms with van der Waals surface area (Å²) in [5, 5.41) is 7.44. The van der Waals surface area contributed by atoms with Crippen LogP contribution in [-0.2, 0) is 6.54 Å². The number of terminal acetylenes is 1. The molecule has 98 valence electrons. The maximum atomic E-state index is 12.1. The summed E-state index contributed by atoms with van der Waals surface area (Å²) in [5.74, 6) is 2.39. The van der Waals surface area contributed by atoms with Gasteiger partial charge in [-0.1, -0.05) is 31.4 Å². The van der Waals surface area contributed by atoms with Gasteiger partial charge in [-0.05, 0) is 19.8 Å². The van der Waals surface area contributed by atoms with Gasteiger partial charge in [0.05, 0.1) is 11.2 Å². The lowest BCUT2D eigenvalue weighted by Gasteiger charge is -2.29. The van der Waals surface area contributed by atoms with E-state index >= 15 is 0 Å². The normalized spacial score (nSPS) is 11.1. The first kappa shape index (κ1) is 14.6. The Morgan fingerprint density at radius 1 is 1.56 bits per heavy atom. The molecular formula is C13H18ClN3O. The molecule has 0 spiro atoms. The summed E-state index contributed by atoms with van der Waals surface area (Å²) < 4.78 is 1.22. The van der Waals surface area contributed by atoms with Crippen molar-refractivity contribution in [2.24, 2.45) is 0 Å². The van der Waals surface area contributed by atoms with Gasteiger partial charge in [0.15, 0.2) is 0 Å². The van der Waals surface area contributed by atoms with Crippen LogP contribution in [0.25, 0.3) is 0 Å². The van der Waals surface area contributed by atoms with Gasteiger partial charge in [-0.25, -0.2) is 4.68 Å². The second-order valence-electron chi connectivity index (χ2n) is 4.43. The predicted octanol–water partition coefficient (Wildman–Crippen LogP) is 2.52. The van der Waals surface area contributed by atoms with Gasteiger partial charge >= 0.3 is 0 Å². The summed E-state index contributed by atoms with van der Waals surface area (Å²) in [4.78, 5) is 12.1. The molecule has 0 unspecified atom stereocenters. The van der Waals surface area contributed by atoms with Gasteiger partial charge in [0.1, 0.15) is 12.2 Å². The van der Waals surface area contributed by atoms with Crippen LogP contribution >= 0.6 is 11.6 Å². The summed E-state index contributed by atoms with van der Waals surface area (Å²) in [6, 6.07) is 0. The van der Waals surface area contributed by atoms with Crippen LogP contribution in [-0.4, -0.2) is 15.3 Å². The lowest BCUT2D eigenvalue weighted by molar-refractivity contribution is 0.476. The van der Waals surface area contributed by atoms with E-state index < -0.39 is 0 Å². The van der Waals surface area contributed by atoms with Crippen LogP contribution < -0.4 is 10.9 Å². The van der Waals surface area contributed by atoms with E-state index in [-0.39, 0.29) is 17.6 Å². The van der Waals surface area contributed by atoms with E-state index in [0.29, 0.717) is 10.7 Å². The maximum absolute atomic E-state index is 12.1. The monoisotopic (exact) mass is 267 g/mol. The predicted molar refractivity (Wildman–Crippen MR) is 74.9 cm³/mol. The Labute approximate surface area is 112 Å². The molecule has 0 aliphatic carbocycles. The zero-order valence-corrected chi connectivity index (χ0v) is 11.7. The average Bonchev–Trinajstić information content (AvgIpc) is 2.38. The van der Waals surface area contributed by atoms with Gasteiger partial charge in [0, 0.05) is 5.54 Å². The van der Waals surface area contributed by atoms with Crippen molar-refractivity contribution in [1.82, 2.24) is 9.78 Å². The van der Waals surface area contributed by atoms with Gasteiger partial charge in [0.25, 0.3) is 5.56 Å². The van der Waals surface area contributed by atoms with Crippen molar-refractivity contribution in [2.75, 3.05) is 5.32 Å². The van der Waals surface area contributed by atoms with Crippen molar-refractivity contribution >= 4 is 17.3 Å². The van der Waals surface area contributed by atoms with E-state index in [1.54, 1.807) is 0 Å². The maximum Gasteiger partial charge on any atom is 0.292 e. The molecule has 0 saturated carbocycles. The highest BCUT2D eigenvalue weighted by atomic mass is 35.5. The van der Waals surface area contributed by atoms with E-state index in [9.17, 15) is 4.79 Å². The molecule has 0 saturated heterocycles. The van der Waals surface area contributed by atoms with Crippen LogP contribution in [0.15, 0.2) is 11.0 Å². The molecule has 1 heterocycles. The molecular weight excluding hydrogens is 250 g/mol. The Hall–Kier alpha value is -1.47. The SMILES string of the molecule is C#CCn1ncc(Cl)c(NC(C)(CC)CC)c1=O. The van der Waals surface area contributed by atoms with E-state index in [2.05, 4.69) is 37.1 Å². The third-order valence-corrected chi connectivity index (χ3v) is 3.51. The largest absolute Gasteiger partial charge is 0.374 e. The number of rotatable bonds is 5. The third kappa shape index (κ3) is 3.05. The molecule has 1 rings (SSSR count). The molecule has 4 nitrogen and oxygen atoms in total. The number of nitrogens with zero attached hydrogens (tertiary/aromatic N) is 2. The van der Waals surface area contributed by atoms with Crippen molar-refractivity contribution in [2.45, 2.75) is 45.7 Å². The van der Waals surface area contributed by atoms with E-state index in [0.717, 1.165) is 12.8 Å². The molecule has 1 aromatic heterocycles. The molecule has 0 aliphatic rings. The standard InChI is InChI=1S/C13H18ClN3O/c1-5-8-17-12(18)11(10(14)9-15-17)16-13(4,6-2)7-3/h1,9,16H,6-8H2,2-4H3. The molecule has 5 heteroatoms. The first-order valence-corrected chi connectivity index (χ1v) is 6.32. The highest BCUT2D eigenvalue weighted by molar-refractivity contribution is 6.33. The lowest BCUT2D eigenvalue weighted by atomic mass is 9.95. The van der Waals surface area contributed by atoms with E-state index in [4.69, 9.17) is 18.0 Å². The van der Waals surface area contributed by atoms with Crippen LogP contribution in [0.3, 0.4) is 0 Å². The molecule has 0 atom stereocenters. The number of halogens is 1. The molecule has 0 amide bonds. The van der Waals surface area contributed by atoms with Crippen LogP contribution in [0.1, 0.15) is 33.6 Å². The zero-order chi connectivity index (χ0) is 13.8. The average molecular weight is 268 g/mol. The second-order valence-corrected chi connectivity index (χ2v) is 4.83. The molecule has 1 aromatic rings. The summed E-state index contributed by atoms with van der Waals surface area (Å²) in [5.41, 5.74) is -0.0836. The topological polar surface area (TPSA) is 46.9 Å². The van der Waals surface area contributed by atoms with E-state index in [1.165, 1.54) is 10.9 Å². The smallest absolute Gasteiger partial charge is 0.292 e. The zero-order valence-electron chi connectivity index (χ0n) is 11.0. The van der Waals surface area contributed by atoms with Gasteiger partial charge in [-0.15, -0.1) is 6.42 Å². The lowest BCUT2D eigenvalue weighted by Crippen LogP contribution is -2.37. The van der Waals surface area contributed by atoms with Crippen LogP contribution in [0.2, 0.25) is 5.02 Å². The highest BCUT2D eigenvalue weighted by Gasteiger charge is 2.22. The summed E-state index contributed by atoms with van der Waals surface area (Å²) in [6.07, 6.45) is 8.40. The Morgan fingerprint density at radius 2 is 2.17 bits per heavy atom. The quantitative estimate of drug-likeness (QED) is 0.834. The van der Waals surface area contributed by atoms with Crippen LogP contribution in [0.4, 0.5) is 5.69 Å². The first-order chi connectivity index (χ1) is 8.47. The van der Waals surface area contributed by atoms with Gasteiger partial charge in [0.2, 0.25) is 0 Å². The fourth-order valence-electron chi connectivity index (χ4n) is 1.51. The molecule has 0 bridgehead atoms. The Balaban J connectivity index is 3.20. The van der Waals surface area contributed by atoms with Crippen molar-refractivity contribution in [1.29, 1.82) is 0 Å². The first-order valence-electron chi connectivity index (χ1n) is 5.94. The molecule has 0 fully saturated rings. The Bertz CT molecular complexity index is 512. The minimum atomic E-state index is -0.284. The minimum absolute atomic E-state index is 0.139. The second kappa shape index (κ2) is 5.92. The minimum Gasteiger partial charge on any atom is -0.374 e. The number of nitrogens with one attached hydrogen (secondary N) is 1. The number of hydrogen-bond donors (Lipinski definition) is 1. The number of aromatic nitrogens is 2. The van der Waals surface area contributed by atoms with Gasteiger partial charge < -0.3 is 5.32 Å². The van der Waals surface area contributed by atoms with Crippen LogP contribution in [0.5, 0.6) is 0 Å². The van der Waals surface area contributed by atoms with Crippen molar-refractivity contribution in [3.05, 3.63) is 21.6 Å². The highest BCUT2D eigenvalue weighted by Crippen LogP contribution is 2.24. The number of hydrogen-bond acceptors (Lipinski definition) is 3. The van der Waals surface area contributed by atoms with Crippen molar-refractivity contribution in [3.8, 4) is 12.3 Å². The Kier molecular flexibility index (Phi) is 4.80. The summed E-state index contributed by atoms with van der Waals surface area (Å²) in [6.45, 7) is 6.31.